The minimum Gasteiger partial charge on any atom is -0.453 e. The third kappa shape index (κ3) is 6.43. The number of likely N-dealkylation sites (tertiary alicyclic amines) is 2. The summed E-state index contributed by atoms with van der Waals surface area (Å²) in [5.41, 5.74) is 8.02. The molecule has 2 heterocycles. The van der Waals surface area contributed by atoms with Crippen LogP contribution in [0.1, 0.15) is 64.4 Å². The SMILES string of the molecule is C=C(/C=C\C(=C/C)CCC)N1CC(CN2CCC(C(C#N)(c3cccc(F)c3)C3(N)CCCC3NC(=O)OC)CC2)C1. The van der Waals surface area contributed by atoms with E-state index < -0.39 is 23.1 Å². The Bertz CT molecular complexity index is 1210. The molecular formula is C34H48FN5O2. The molecule has 3 unspecified atom stereocenters. The number of carbonyl (C=O) groups excluding carboxylic acids is 1. The van der Waals surface area contributed by atoms with Crippen molar-refractivity contribution >= 4 is 6.09 Å². The van der Waals surface area contributed by atoms with Crippen molar-refractivity contribution in [2.45, 2.75) is 75.8 Å². The summed E-state index contributed by atoms with van der Waals surface area (Å²) in [5.74, 6) is 0.121. The number of carbonyl (C=O) groups is 1. The summed E-state index contributed by atoms with van der Waals surface area (Å²) in [6.07, 6.45) is 11.7. The zero-order valence-electron chi connectivity index (χ0n) is 25.6. The van der Waals surface area contributed by atoms with E-state index in [0.717, 1.165) is 70.5 Å². The van der Waals surface area contributed by atoms with E-state index >= 15 is 0 Å². The summed E-state index contributed by atoms with van der Waals surface area (Å²) < 4.78 is 19.5. The lowest BCUT2D eigenvalue weighted by atomic mass is 9.55. The number of nitrogens with zero attached hydrogens (tertiary/aromatic N) is 3. The number of nitriles is 1. The van der Waals surface area contributed by atoms with E-state index in [0.29, 0.717) is 24.3 Å². The zero-order chi connectivity index (χ0) is 30.3. The molecule has 1 aromatic rings. The predicted molar refractivity (Wildman–Crippen MR) is 165 cm³/mol. The Labute approximate surface area is 251 Å². The molecule has 7 nitrogen and oxygen atoms in total. The third-order valence-corrected chi connectivity index (χ3v) is 9.85. The lowest BCUT2D eigenvalue weighted by Crippen LogP contribution is -2.69. The second kappa shape index (κ2) is 13.9. The fourth-order valence-corrected chi connectivity index (χ4v) is 7.54. The lowest BCUT2D eigenvalue weighted by Gasteiger charge is -2.52. The van der Waals surface area contributed by atoms with Gasteiger partial charge in [-0.25, -0.2) is 9.18 Å². The van der Waals surface area contributed by atoms with Gasteiger partial charge in [0, 0.05) is 31.2 Å². The predicted octanol–water partition coefficient (Wildman–Crippen LogP) is 5.65. The van der Waals surface area contributed by atoms with E-state index in [1.807, 2.05) is 6.07 Å². The van der Waals surface area contributed by atoms with Gasteiger partial charge in [0.15, 0.2) is 0 Å². The van der Waals surface area contributed by atoms with Gasteiger partial charge >= 0.3 is 6.09 Å². The molecule has 2 saturated heterocycles. The van der Waals surface area contributed by atoms with Crippen molar-refractivity contribution in [3.05, 3.63) is 71.7 Å². The monoisotopic (exact) mass is 577 g/mol. The molecule has 0 radical (unpaired) electrons. The Hall–Kier alpha value is -3.15. The molecule has 1 saturated carbocycles. The quantitative estimate of drug-likeness (QED) is 0.330. The van der Waals surface area contributed by atoms with E-state index in [-0.39, 0.29) is 11.7 Å². The fourth-order valence-electron chi connectivity index (χ4n) is 7.54. The molecule has 228 valence electrons. The second-order valence-corrected chi connectivity index (χ2v) is 12.3. The molecule has 42 heavy (non-hydrogen) atoms. The number of amides is 1. The van der Waals surface area contributed by atoms with Gasteiger partial charge in [-0.1, -0.05) is 49.8 Å². The minimum absolute atomic E-state index is 0.0719. The van der Waals surface area contributed by atoms with Gasteiger partial charge < -0.3 is 25.6 Å². The summed E-state index contributed by atoms with van der Waals surface area (Å²) in [6, 6.07) is 8.53. The van der Waals surface area contributed by atoms with Crippen molar-refractivity contribution in [2.24, 2.45) is 17.6 Å². The van der Waals surface area contributed by atoms with Crippen molar-refractivity contribution in [3.8, 4) is 6.07 Å². The summed E-state index contributed by atoms with van der Waals surface area (Å²) in [5, 5.41) is 13.8. The van der Waals surface area contributed by atoms with E-state index in [2.05, 4.69) is 59.8 Å². The molecule has 3 fully saturated rings. The Morgan fingerprint density at radius 3 is 2.67 bits per heavy atom. The van der Waals surface area contributed by atoms with Crippen LogP contribution < -0.4 is 11.1 Å². The van der Waals surface area contributed by atoms with Gasteiger partial charge in [0.05, 0.1) is 24.8 Å². The van der Waals surface area contributed by atoms with Gasteiger partial charge in [-0.05, 0) is 88.2 Å². The lowest BCUT2D eigenvalue weighted by molar-refractivity contribution is 0.0559. The summed E-state index contributed by atoms with van der Waals surface area (Å²) in [6.45, 7) is 13.3. The molecule has 0 spiro atoms. The topological polar surface area (TPSA) is 94.6 Å². The summed E-state index contributed by atoms with van der Waals surface area (Å²) in [4.78, 5) is 17.1. The highest BCUT2D eigenvalue weighted by atomic mass is 19.1. The summed E-state index contributed by atoms with van der Waals surface area (Å²) >= 11 is 0. The molecule has 1 aromatic carbocycles. The molecule has 3 atom stereocenters. The van der Waals surface area contributed by atoms with Crippen LogP contribution in [0.15, 0.2) is 60.3 Å². The van der Waals surface area contributed by atoms with Crippen LogP contribution in [0, 0.1) is 29.0 Å². The van der Waals surface area contributed by atoms with Gasteiger partial charge in [0.25, 0.3) is 0 Å². The number of ether oxygens (including phenoxy) is 1. The van der Waals surface area contributed by atoms with E-state index in [4.69, 9.17) is 10.5 Å². The Balaban J connectivity index is 1.43. The zero-order valence-corrected chi connectivity index (χ0v) is 25.6. The molecule has 8 heteroatoms. The average Bonchev–Trinajstić information content (AvgIpc) is 3.34. The first-order valence-corrected chi connectivity index (χ1v) is 15.5. The Morgan fingerprint density at radius 1 is 1.31 bits per heavy atom. The van der Waals surface area contributed by atoms with Crippen LogP contribution in [0.3, 0.4) is 0 Å². The molecule has 3 N–H and O–H groups in total. The Morgan fingerprint density at radius 2 is 2.05 bits per heavy atom. The molecule has 1 aliphatic carbocycles. The number of nitrogens with two attached hydrogens (primary N) is 1. The number of benzene rings is 1. The maximum Gasteiger partial charge on any atom is 0.407 e. The highest BCUT2D eigenvalue weighted by molar-refractivity contribution is 5.68. The van der Waals surface area contributed by atoms with Gasteiger partial charge in [-0.3, -0.25) is 0 Å². The highest BCUT2D eigenvalue weighted by Gasteiger charge is 2.61. The molecule has 2 aliphatic heterocycles. The number of halogens is 1. The maximum absolute atomic E-state index is 14.6. The molecular weight excluding hydrogens is 529 g/mol. The smallest absolute Gasteiger partial charge is 0.407 e. The number of methoxy groups -OCH3 is 1. The van der Waals surface area contributed by atoms with Gasteiger partial charge in [-0.2, -0.15) is 5.26 Å². The maximum atomic E-state index is 14.6. The van der Waals surface area contributed by atoms with Crippen LogP contribution in [0.25, 0.3) is 0 Å². The average molecular weight is 578 g/mol. The minimum atomic E-state index is -1.15. The first-order valence-electron chi connectivity index (χ1n) is 15.5. The van der Waals surface area contributed by atoms with Crippen molar-refractivity contribution in [1.82, 2.24) is 15.1 Å². The van der Waals surface area contributed by atoms with Crippen molar-refractivity contribution in [1.29, 1.82) is 5.26 Å². The number of nitrogens with one attached hydrogen (secondary N) is 1. The highest BCUT2D eigenvalue weighted by Crippen LogP contribution is 2.51. The number of hydrogen-bond acceptors (Lipinski definition) is 6. The molecule has 0 bridgehead atoms. The van der Waals surface area contributed by atoms with Crippen LogP contribution in [-0.4, -0.2) is 67.3 Å². The van der Waals surface area contributed by atoms with Crippen molar-refractivity contribution in [3.63, 3.8) is 0 Å². The molecule has 4 rings (SSSR count). The fraction of sp³-hybridized carbons (Fsp3) is 0.588. The third-order valence-electron chi connectivity index (χ3n) is 9.85. The van der Waals surface area contributed by atoms with Crippen molar-refractivity contribution < 1.29 is 13.9 Å². The molecule has 1 amide bonds. The van der Waals surface area contributed by atoms with Crippen LogP contribution in [-0.2, 0) is 10.2 Å². The molecule has 0 aromatic heterocycles. The largest absolute Gasteiger partial charge is 0.453 e. The molecule has 3 aliphatic rings. The second-order valence-electron chi connectivity index (χ2n) is 12.3. The van der Waals surface area contributed by atoms with Gasteiger partial charge in [-0.15, -0.1) is 0 Å². The Kier molecular flexibility index (Phi) is 10.5. The first-order chi connectivity index (χ1) is 20.2. The van der Waals surface area contributed by atoms with Gasteiger partial charge in [0.1, 0.15) is 11.2 Å². The van der Waals surface area contributed by atoms with Gasteiger partial charge in [0.2, 0.25) is 0 Å². The van der Waals surface area contributed by atoms with Crippen LogP contribution in [0.5, 0.6) is 0 Å². The number of hydrogen-bond donors (Lipinski definition) is 2. The number of rotatable bonds is 11. The van der Waals surface area contributed by atoms with Crippen LogP contribution in [0.2, 0.25) is 0 Å². The standard InChI is InChI=1S/C34H48FN5O2/c1-5-9-26(6-2)14-13-25(3)40-22-27(23-40)21-39-18-15-28(16-19-39)33(24-36,29-10-7-11-30(35)20-29)34(37)17-8-12-31(34)38-32(41)42-4/h6-7,10-11,13-14,20,27-28,31H,3,5,8-9,12,15-19,21-23,37H2,1-2,4H3,(H,38,41)/b14-13-,26-6-. The van der Waals surface area contributed by atoms with Crippen LogP contribution in [0.4, 0.5) is 9.18 Å². The van der Waals surface area contributed by atoms with Crippen LogP contribution >= 0.6 is 0 Å². The summed E-state index contributed by atoms with van der Waals surface area (Å²) in [7, 11) is 1.32. The number of piperidine rings is 1. The number of allylic oxidation sites excluding steroid dienone is 4. The first kappa shape index (κ1) is 31.8. The van der Waals surface area contributed by atoms with E-state index in [1.54, 1.807) is 6.07 Å². The van der Waals surface area contributed by atoms with E-state index in [9.17, 15) is 14.4 Å². The normalized spacial score (nSPS) is 25.6. The number of alkyl carbamates (subject to hydrolysis) is 1. The van der Waals surface area contributed by atoms with Crippen molar-refractivity contribution in [2.75, 3.05) is 39.8 Å². The van der Waals surface area contributed by atoms with E-state index in [1.165, 1.54) is 24.8 Å².